The third-order valence-electron chi connectivity index (χ3n) is 5.25. The summed E-state index contributed by atoms with van der Waals surface area (Å²) in [5.41, 5.74) is 3.80. The lowest BCUT2D eigenvalue weighted by Crippen LogP contribution is -2.46. The van der Waals surface area contributed by atoms with E-state index >= 15 is 0 Å². The first-order chi connectivity index (χ1) is 13.1. The molecule has 1 aliphatic rings. The van der Waals surface area contributed by atoms with Crippen molar-refractivity contribution in [1.82, 2.24) is 20.0 Å². The summed E-state index contributed by atoms with van der Waals surface area (Å²) in [6, 6.07) is 0. The summed E-state index contributed by atoms with van der Waals surface area (Å²) in [5.74, 6) is 0.973. The fourth-order valence-corrected chi connectivity index (χ4v) is 3.78. The maximum absolute atomic E-state index is 5.96. The zero-order valence-electron chi connectivity index (χ0n) is 17.8. The molecule has 27 heavy (non-hydrogen) atoms. The average molecular weight is 380 g/mol. The number of piperidine rings is 1. The fourth-order valence-electron chi connectivity index (χ4n) is 3.78. The topological polar surface area (TPSA) is 63.9 Å². The number of aryl methyl sites for hydroxylation is 2. The summed E-state index contributed by atoms with van der Waals surface area (Å²) < 4.78 is 13.1. The normalized spacial score (nSPS) is 16.2. The molecule has 0 aliphatic carbocycles. The summed E-state index contributed by atoms with van der Waals surface area (Å²) in [6.45, 7) is 8.63. The van der Waals surface area contributed by atoms with E-state index in [1.54, 1.807) is 7.11 Å². The highest BCUT2D eigenvalue weighted by Crippen LogP contribution is 2.17. The molecule has 0 bridgehead atoms. The Hall–Kier alpha value is -1.60. The Bertz CT molecular complexity index is 591. The number of aromatic nitrogens is 2. The number of nitrogens with one attached hydrogen (secondary N) is 1. The minimum absolute atomic E-state index is 0.355. The highest BCUT2D eigenvalue weighted by molar-refractivity contribution is 5.80. The van der Waals surface area contributed by atoms with Crippen LogP contribution in [0.25, 0.3) is 0 Å². The van der Waals surface area contributed by atoms with E-state index < -0.39 is 0 Å². The van der Waals surface area contributed by atoms with E-state index in [9.17, 15) is 0 Å². The third-order valence-corrected chi connectivity index (χ3v) is 5.25. The van der Waals surface area contributed by atoms with Crippen LogP contribution in [0.15, 0.2) is 4.99 Å². The van der Waals surface area contributed by atoms with Crippen molar-refractivity contribution in [1.29, 1.82) is 0 Å². The summed E-state index contributed by atoms with van der Waals surface area (Å²) in [4.78, 5) is 6.84. The van der Waals surface area contributed by atoms with Gasteiger partial charge in [0.15, 0.2) is 5.96 Å². The van der Waals surface area contributed by atoms with Gasteiger partial charge in [-0.05, 0) is 32.1 Å². The second-order valence-electron chi connectivity index (χ2n) is 7.01. The molecule has 154 valence electrons. The van der Waals surface area contributed by atoms with Crippen molar-refractivity contribution in [3.05, 3.63) is 17.0 Å². The monoisotopic (exact) mass is 379 g/mol. The molecule has 0 amide bonds. The highest BCUT2D eigenvalue weighted by Gasteiger charge is 2.22. The molecule has 1 fully saturated rings. The van der Waals surface area contributed by atoms with Crippen LogP contribution in [0.2, 0.25) is 0 Å². The van der Waals surface area contributed by atoms with E-state index in [0.717, 1.165) is 70.9 Å². The quantitative estimate of drug-likeness (QED) is 0.405. The van der Waals surface area contributed by atoms with E-state index in [0.29, 0.717) is 6.10 Å². The van der Waals surface area contributed by atoms with Crippen molar-refractivity contribution in [2.75, 3.05) is 40.5 Å². The van der Waals surface area contributed by atoms with Crippen LogP contribution in [0.5, 0.6) is 0 Å². The molecule has 0 saturated carbocycles. The summed E-state index contributed by atoms with van der Waals surface area (Å²) in [5, 5.41) is 8.22. The van der Waals surface area contributed by atoms with Gasteiger partial charge < -0.3 is 19.7 Å². The van der Waals surface area contributed by atoms with Crippen LogP contribution in [0.4, 0.5) is 0 Å². The second-order valence-corrected chi connectivity index (χ2v) is 7.01. The lowest BCUT2D eigenvalue weighted by molar-refractivity contribution is 0.00989. The molecule has 1 aromatic rings. The fraction of sp³-hybridized carbons (Fsp3) is 0.800. The molecule has 2 rings (SSSR count). The first kappa shape index (κ1) is 21.7. The van der Waals surface area contributed by atoms with Gasteiger partial charge in [0.05, 0.1) is 11.8 Å². The van der Waals surface area contributed by atoms with Crippen molar-refractivity contribution in [2.45, 2.75) is 58.6 Å². The van der Waals surface area contributed by atoms with Crippen molar-refractivity contribution in [3.8, 4) is 0 Å². The summed E-state index contributed by atoms with van der Waals surface area (Å²) in [6.07, 6.45) is 5.35. The molecule has 0 radical (unpaired) electrons. The SMILES string of the molecule is CCc1nn(C)c(CC)c1CNC(=NC)N1CCC(OCCCOC)CC1. The molecule has 1 aliphatic heterocycles. The van der Waals surface area contributed by atoms with E-state index in [1.165, 1.54) is 17.0 Å². The molecular weight excluding hydrogens is 342 g/mol. The third kappa shape index (κ3) is 5.94. The van der Waals surface area contributed by atoms with Gasteiger partial charge in [-0.2, -0.15) is 5.10 Å². The van der Waals surface area contributed by atoms with Gasteiger partial charge in [-0.25, -0.2) is 0 Å². The molecule has 1 saturated heterocycles. The number of aliphatic imine (C=N–C) groups is 1. The number of hydrogen-bond donors (Lipinski definition) is 1. The smallest absolute Gasteiger partial charge is 0.193 e. The van der Waals surface area contributed by atoms with E-state index in [1.807, 2.05) is 18.8 Å². The van der Waals surface area contributed by atoms with Gasteiger partial charge in [0.25, 0.3) is 0 Å². The number of guanidine groups is 1. The van der Waals surface area contributed by atoms with Crippen LogP contribution in [-0.2, 0) is 35.9 Å². The van der Waals surface area contributed by atoms with E-state index in [4.69, 9.17) is 9.47 Å². The Labute approximate surface area is 164 Å². The predicted molar refractivity (Wildman–Crippen MR) is 109 cm³/mol. The van der Waals surface area contributed by atoms with Gasteiger partial charge in [-0.3, -0.25) is 9.67 Å². The lowest BCUT2D eigenvalue weighted by atomic mass is 10.1. The Morgan fingerprint density at radius 3 is 2.56 bits per heavy atom. The largest absolute Gasteiger partial charge is 0.385 e. The molecule has 2 heterocycles. The van der Waals surface area contributed by atoms with Crippen LogP contribution >= 0.6 is 0 Å². The molecule has 7 heteroatoms. The van der Waals surface area contributed by atoms with Gasteiger partial charge in [0.1, 0.15) is 0 Å². The number of methoxy groups -OCH3 is 1. The number of ether oxygens (including phenoxy) is 2. The first-order valence-corrected chi connectivity index (χ1v) is 10.2. The standard InChI is InChI=1S/C20H37N5O2/c1-6-18-17(19(7-2)24(4)23-18)15-22-20(21-3)25-11-9-16(10-12-25)27-14-8-13-26-5/h16H,6-15H2,1-5H3,(H,21,22). The molecule has 1 N–H and O–H groups in total. The van der Waals surface area contributed by atoms with Gasteiger partial charge in [-0.15, -0.1) is 0 Å². The van der Waals surface area contributed by atoms with E-state index in [2.05, 4.69) is 34.2 Å². The molecule has 0 spiro atoms. The van der Waals surface area contributed by atoms with Gasteiger partial charge in [0, 0.05) is 65.3 Å². The molecular formula is C20H37N5O2. The van der Waals surface area contributed by atoms with Crippen molar-refractivity contribution in [2.24, 2.45) is 12.0 Å². The molecule has 0 unspecified atom stereocenters. The van der Waals surface area contributed by atoms with Crippen LogP contribution in [-0.4, -0.2) is 67.2 Å². The predicted octanol–water partition coefficient (Wildman–Crippen LogP) is 2.14. The first-order valence-electron chi connectivity index (χ1n) is 10.2. The van der Waals surface area contributed by atoms with Crippen LogP contribution < -0.4 is 5.32 Å². The number of likely N-dealkylation sites (tertiary alicyclic amines) is 1. The van der Waals surface area contributed by atoms with Crippen molar-refractivity contribution < 1.29 is 9.47 Å². The van der Waals surface area contributed by atoms with Gasteiger partial charge >= 0.3 is 0 Å². The highest BCUT2D eigenvalue weighted by atomic mass is 16.5. The van der Waals surface area contributed by atoms with Crippen LogP contribution in [0, 0.1) is 0 Å². The van der Waals surface area contributed by atoms with Crippen molar-refractivity contribution in [3.63, 3.8) is 0 Å². The zero-order chi connectivity index (χ0) is 19.6. The maximum atomic E-state index is 5.96. The Morgan fingerprint density at radius 2 is 1.96 bits per heavy atom. The Morgan fingerprint density at radius 1 is 1.22 bits per heavy atom. The zero-order valence-corrected chi connectivity index (χ0v) is 17.8. The molecule has 0 aromatic carbocycles. The van der Waals surface area contributed by atoms with Gasteiger partial charge in [-0.1, -0.05) is 13.8 Å². The number of rotatable bonds is 9. The second kappa shape index (κ2) is 11.3. The number of nitrogens with zero attached hydrogens (tertiary/aromatic N) is 4. The van der Waals surface area contributed by atoms with Crippen LogP contribution in [0.1, 0.15) is 50.1 Å². The van der Waals surface area contributed by atoms with Crippen LogP contribution in [0.3, 0.4) is 0 Å². The maximum Gasteiger partial charge on any atom is 0.193 e. The van der Waals surface area contributed by atoms with Crippen molar-refractivity contribution >= 4 is 5.96 Å². The van der Waals surface area contributed by atoms with E-state index in [-0.39, 0.29) is 0 Å². The minimum Gasteiger partial charge on any atom is -0.385 e. The average Bonchev–Trinajstić information content (AvgIpc) is 3.01. The summed E-state index contributed by atoms with van der Waals surface area (Å²) in [7, 11) is 5.63. The van der Waals surface area contributed by atoms with Gasteiger partial charge in [0.2, 0.25) is 0 Å². The summed E-state index contributed by atoms with van der Waals surface area (Å²) >= 11 is 0. The number of hydrogen-bond acceptors (Lipinski definition) is 4. The molecule has 1 aromatic heterocycles. The molecule has 7 nitrogen and oxygen atoms in total. The molecule has 0 atom stereocenters. The minimum atomic E-state index is 0.355. The Balaban J connectivity index is 1.85. The Kier molecular flexibility index (Phi) is 9.07. The lowest BCUT2D eigenvalue weighted by Gasteiger charge is -2.34.